The maximum absolute atomic E-state index is 5.53. The first kappa shape index (κ1) is 12.3. The molecule has 0 amide bonds. The lowest BCUT2D eigenvalue weighted by molar-refractivity contribution is 0.0121. The maximum atomic E-state index is 5.53. The van der Waals surface area contributed by atoms with E-state index in [1.807, 2.05) is 11.8 Å². The summed E-state index contributed by atoms with van der Waals surface area (Å²) in [6.45, 7) is 7.59. The van der Waals surface area contributed by atoms with Gasteiger partial charge in [0.2, 0.25) is 0 Å². The van der Waals surface area contributed by atoms with Crippen molar-refractivity contribution >= 4 is 11.8 Å². The van der Waals surface area contributed by atoms with E-state index in [4.69, 9.17) is 4.74 Å². The first-order valence-electron chi connectivity index (χ1n) is 5.67. The summed E-state index contributed by atoms with van der Waals surface area (Å²) in [6.07, 6.45) is 2.78. The van der Waals surface area contributed by atoms with E-state index < -0.39 is 0 Å². The Morgan fingerprint density at radius 1 is 1.57 bits per heavy atom. The molecule has 1 N–H and O–H groups in total. The van der Waals surface area contributed by atoms with E-state index in [0.717, 1.165) is 6.61 Å². The molecule has 3 unspecified atom stereocenters. The molecular formula is C11H23NOS. The molecule has 0 radical (unpaired) electrons. The fourth-order valence-electron chi connectivity index (χ4n) is 1.89. The van der Waals surface area contributed by atoms with Gasteiger partial charge in [-0.1, -0.05) is 6.92 Å². The Bertz CT molecular complexity index is 154. The fourth-order valence-corrected chi connectivity index (χ4v) is 2.58. The Morgan fingerprint density at radius 3 is 3.00 bits per heavy atom. The van der Waals surface area contributed by atoms with Crippen LogP contribution in [0, 0.1) is 0 Å². The molecule has 3 heteroatoms. The van der Waals surface area contributed by atoms with E-state index in [1.165, 1.54) is 24.3 Å². The summed E-state index contributed by atoms with van der Waals surface area (Å²) in [6, 6.07) is 1.31. The summed E-state index contributed by atoms with van der Waals surface area (Å²) in [5, 5.41) is 3.68. The second-order valence-corrected chi connectivity index (χ2v) is 5.45. The van der Waals surface area contributed by atoms with Gasteiger partial charge in [0.15, 0.2) is 0 Å². The molecule has 1 rings (SSSR count). The Morgan fingerprint density at radius 2 is 2.36 bits per heavy atom. The van der Waals surface area contributed by atoms with Gasteiger partial charge in [0.1, 0.15) is 0 Å². The molecule has 14 heavy (non-hydrogen) atoms. The quantitative estimate of drug-likeness (QED) is 0.763. The average molecular weight is 217 g/mol. The largest absolute Gasteiger partial charge is 0.378 e. The molecule has 1 aliphatic rings. The van der Waals surface area contributed by atoms with Crippen LogP contribution in [0.1, 0.15) is 33.6 Å². The van der Waals surface area contributed by atoms with E-state index in [0.29, 0.717) is 18.2 Å². The van der Waals surface area contributed by atoms with Gasteiger partial charge >= 0.3 is 0 Å². The third-order valence-corrected chi connectivity index (χ3v) is 3.72. The van der Waals surface area contributed by atoms with E-state index in [-0.39, 0.29) is 0 Å². The van der Waals surface area contributed by atoms with Gasteiger partial charge in [-0.3, -0.25) is 0 Å². The number of ether oxygens (including phenoxy) is 1. The summed E-state index contributed by atoms with van der Waals surface area (Å²) < 4.78 is 5.53. The molecule has 0 aliphatic carbocycles. The van der Waals surface area contributed by atoms with Crippen LogP contribution in [-0.2, 0) is 4.74 Å². The number of hydrogen-bond acceptors (Lipinski definition) is 3. The number of hydrogen-bond donors (Lipinski definition) is 1. The van der Waals surface area contributed by atoms with Crippen molar-refractivity contribution < 1.29 is 4.74 Å². The fraction of sp³-hybridized carbons (Fsp3) is 1.00. The molecule has 84 valence electrons. The van der Waals surface area contributed by atoms with Crippen LogP contribution in [0.3, 0.4) is 0 Å². The normalized spacial score (nSPS) is 30.2. The highest BCUT2D eigenvalue weighted by Crippen LogP contribution is 2.14. The molecule has 1 heterocycles. The lowest BCUT2D eigenvalue weighted by Crippen LogP contribution is -2.43. The zero-order valence-corrected chi connectivity index (χ0v) is 10.4. The van der Waals surface area contributed by atoms with Crippen molar-refractivity contribution in [1.82, 2.24) is 5.32 Å². The number of thioether (sulfide) groups is 1. The van der Waals surface area contributed by atoms with Crippen LogP contribution in [0.25, 0.3) is 0 Å². The Kier molecular flexibility index (Phi) is 5.90. The molecular weight excluding hydrogens is 194 g/mol. The van der Waals surface area contributed by atoms with Crippen molar-refractivity contribution in [2.75, 3.05) is 18.1 Å². The van der Waals surface area contributed by atoms with Crippen molar-refractivity contribution in [1.29, 1.82) is 0 Å². The minimum atomic E-state index is 0.437. The summed E-state index contributed by atoms with van der Waals surface area (Å²) in [7, 11) is 0. The smallest absolute Gasteiger partial charge is 0.0561 e. The minimum Gasteiger partial charge on any atom is -0.378 e. The van der Waals surface area contributed by atoms with E-state index in [1.54, 1.807) is 0 Å². The second-order valence-electron chi connectivity index (χ2n) is 4.13. The van der Waals surface area contributed by atoms with Gasteiger partial charge < -0.3 is 10.1 Å². The van der Waals surface area contributed by atoms with Crippen LogP contribution in [0.15, 0.2) is 0 Å². The topological polar surface area (TPSA) is 21.3 Å². The van der Waals surface area contributed by atoms with Gasteiger partial charge in [0.05, 0.1) is 6.10 Å². The van der Waals surface area contributed by atoms with Crippen LogP contribution in [0.2, 0.25) is 0 Å². The molecule has 1 aliphatic heterocycles. The van der Waals surface area contributed by atoms with Gasteiger partial charge in [-0.15, -0.1) is 0 Å². The Hall–Kier alpha value is 0.270. The molecule has 2 nitrogen and oxygen atoms in total. The average Bonchev–Trinajstić information content (AvgIpc) is 2.15. The summed E-state index contributed by atoms with van der Waals surface area (Å²) in [4.78, 5) is 0. The molecule has 0 spiro atoms. The van der Waals surface area contributed by atoms with Crippen molar-refractivity contribution in [2.45, 2.75) is 51.8 Å². The molecule has 3 atom stereocenters. The monoisotopic (exact) mass is 217 g/mol. The Labute approximate surface area is 92.2 Å². The van der Waals surface area contributed by atoms with Crippen LogP contribution < -0.4 is 5.32 Å². The zero-order valence-electron chi connectivity index (χ0n) is 9.58. The molecule has 0 aromatic carbocycles. The van der Waals surface area contributed by atoms with Crippen LogP contribution in [0.5, 0.6) is 0 Å². The van der Waals surface area contributed by atoms with Crippen LogP contribution >= 0.6 is 11.8 Å². The Balaban J connectivity index is 2.15. The highest BCUT2D eigenvalue weighted by Gasteiger charge is 2.20. The van der Waals surface area contributed by atoms with Gasteiger partial charge in [-0.25, -0.2) is 0 Å². The van der Waals surface area contributed by atoms with E-state index in [9.17, 15) is 0 Å². The lowest BCUT2D eigenvalue weighted by Gasteiger charge is -2.30. The van der Waals surface area contributed by atoms with E-state index in [2.05, 4.69) is 26.1 Å². The third kappa shape index (κ3) is 4.67. The molecule has 0 bridgehead atoms. The van der Waals surface area contributed by atoms with Gasteiger partial charge in [-0.05, 0) is 32.4 Å². The predicted molar refractivity (Wildman–Crippen MR) is 64.0 cm³/mol. The van der Waals surface area contributed by atoms with Crippen LogP contribution in [-0.4, -0.2) is 36.3 Å². The third-order valence-electron chi connectivity index (χ3n) is 2.58. The highest BCUT2D eigenvalue weighted by molar-refractivity contribution is 7.99. The number of rotatable bonds is 5. The first-order valence-corrected chi connectivity index (χ1v) is 6.83. The van der Waals surface area contributed by atoms with Gasteiger partial charge in [-0.2, -0.15) is 11.8 Å². The standard InChI is InChI=1S/C11H23NOS/c1-4-14-8-9(2)12-11-5-6-13-10(3)7-11/h9-12H,4-8H2,1-3H3. The molecule has 1 fully saturated rings. The van der Waals surface area contributed by atoms with Gasteiger partial charge in [0, 0.05) is 24.4 Å². The summed E-state index contributed by atoms with van der Waals surface area (Å²) >= 11 is 2.01. The van der Waals surface area contributed by atoms with Crippen molar-refractivity contribution in [3.8, 4) is 0 Å². The molecule has 0 aromatic rings. The van der Waals surface area contributed by atoms with Crippen molar-refractivity contribution in [3.63, 3.8) is 0 Å². The molecule has 0 saturated carbocycles. The summed E-state index contributed by atoms with van der Waals surface area (Å²) in [5.74, 6) is 2.44. The maximum Gasteiger partial charge on any atom is 0.0561 e. The number of nitrogens with one attached hydrogen (secondary N) is 1. The van der Waals surface area contributed by atoms with E-state index >= 15 is 0 Å². The second kappa shape index (κ2) is 6.70. The molecule has 1 saturated heterocycles. The zero-order chi connectivity index (χ0) is 10.4. The van der Waals surface area contributed by atoms with Gasteiger partial charge in [0.25, 0.3) is 0 Å². The summed E-state index contributed by atoms with van der Waals surface area (Å²) in [5.41, 5.74) is 0. The highest BCUT2D eigenvalue weighted by atomic mass is 32.2. The molecule has 0 aromatic heterocycles. The first-order chi connectivity index (χ1) is 6.72. The lowest BCUT2D eigenvalue weighted by atomic mass is 10.0. The van der Waals surface area contributed by atoms with Crippen LogP contribution in [0.4, 0.5) is 0 Å². The van der Waals surface area contributed by atoms with Crippen molar-refractivity contribution in [2.24, 2.45) is 0 Å². The minimum absolute atomic E-state index is 0.437. The SMILES string of the molecule is CCSCC(C)NC1CCOC(C)C1. The predicted octanol–water partition coefficient (Wildman–Crippen LogP) is 2.29. The van der Waals surface area contributed by atoms with Crippen molar-refractivity contribution in [3.05, 3.63) is 0 Å².